The molecule has 1 amide bonds. The van der Waals surface area contributed by atoms with Gasteiger partial charge in [0.1, 0.15) is 5.75 Å². The van der Waals surface area contributed by atoms with Gasteiger partial charge in [-0.05, 0) is 73.5 Å². The molecule has 7 heteroatoms. The number of amides is 1. The fourth-order valence-electron chi connectivity index (χ4n) is 2.60. The third-order valence-corrected chi connectivity index (χ3v) is 5.72. The fourth-order valence-corrected chi connectivity index (χ4v) is 3.65. The van der Waals surface area contributed by atoms with E-state index >= 15 is 0 Å². The zero-order chi connectivity index (χ0) is 20.9. The van der Waals surface area contributed by atoms with Gasteiger partial charge in [-0.15, -0.1) is 0 Å². The highest BCUT2D eigenvalue weighted by Crippen LogP contribution is 2.20. The van der Waals surface area contributed by atoms with Crippen LogP contribution in [0.5, 0.6) is 5.75 Å². The number of carbonyl (C=O) groups excluding carboxylic acids is 1. The molecule has 0 saturated heterocycles. The van der Waals surface area contributed by atoms with Crippen LogP contribution in [0.2, 0.25) is 0 Å². The van der Waals surface area contributed by atoms with E-state index in [1.54, 1.807) is 24.3 Å². The van der Waals surface area contributed by atoms with Crippen LogP contribution in [-0.4, -0.2) is 20.9 Å². The standard InChI is InChI=1S/C22H22N2O4S/c1-16-8-9-19(14-17(16)2)24-29(26,27)21-12-10-18(11-13-21)23-22(25)15-28-20-6-4-3-5-7-20/h3-14,24H,15H2,1-2H3,(H,23,25). The maximum atomic E-state index is 12.6. The molecule has 0 heterocycles. The average Bonchev–Trinajstić information content (AvgIpc) is 2.70. The van der Waals surface area contributed by atoms with Crippen LogP contribution in [0.25, 0.3) is 0 Å². The third-order valence-electron chi connectivity index (χ3n) is 4.32. The summed E-state index contributed by atoms with van der Waals surface area (Å²) in [5.41, 5.74) is 3.07. The van der Waals surface area contributed by atoms with E-state index in [0.717, 1.165) is 11.1 Å². The van der Waals surface area contributed by atoms with Crippen molar-refractivity contribution in [3.8, 4) is 5.75 Å². The van der Waals surface area contributed by atoms with Crippen molar-refractivity contribution in [1.29, 1.82) is 0 Å². The molecule has 0 aliphatic carbocycles. The molecule has 2 N–H and O–H groups in total. The zero-order valence-corrected chi connectivity index (χ0v) is 17.0. The van der Waals surface area contributed by atoms with Crippen molar-refractivity contribution in [2.24, 2.45) is 0 Å². The van der Waals surface area contributed by atoms with Crippen LogP contribution in [0, 0.1) is 13.8 Å². The largest absolute Gasteiger partial charge is 0.484 e. The number of carbonyl (C=O) groups is 1. The van der Waals surface area contributed by atoms with Crippen molar-refractivity contribution in [2.75, 3.05) is 16.6 Å². The normalized spacial score (nSPS) is 11.0. The lowest BCUT2D eigenvalue weighted by atomic mass is 10.1. The molecule has 6 nitrogen and oxygen atoms in total. The van der Waals surface area contributed by atoms with Crippen molar-refractivity contribution >= 4 is 27.3 Å². The summed E-state index contributed by atoms with van der Waals surface area (Å²) < 4.78 is 33.1. The van der Waals surface area contributed by atoms with Gasteiger partial charge in [-0.25, -0.2) is 8.42 Å². The van der Waals surface area contributed by atoms with Crippen LogP contribution >= 0.6 is 0 Å². The molecule has 0 atom stereocenters. The summed E-state index contributed by atoms with van der Waals surface area (Å²) in [6.07, 6.45) is 0. The van der Waals surface area contributed by atoms with Gasteiger partial charge >= 0.3 is 0 Å². The molecule has 0 fully saturated rings. The molecule has 29 heavy (non-hydrogen) atoms. The molecule has 0 aromatic heterocycles. The van der Waals surface area contributed by atoms with Crippen LogP contribution < -0.4 is 14.8 Å². The Bertz CT molecular complexity index is 1100. The van der Waals surface area contributed by atoms with E-state index in [-0.39, 0.29) is 17.4 Å². The highest BCUT2D eigenvalue weighted by molar-refractivity contribution is 7.92. The summed E-state index contributed by atoms with van der Waals surface area (Å²) in [6.45, 7) is 3.75. The van der Waals surface area contributed by atoms with Gasteiger partial charge in [0.15, 0.2) is 6.61 Å². The van der Waals surface area contributed by atoms with E-state index in [1.807, 2.05) is 38.1 Å². The highest BCUT2D eigenvalue weighted by atomic mass is 32.2. The van der Waals surface area contributed by atoms with Crippen LogP contribution in [0.3, 0.4) is 0 Å². The molecule has 0 aliphatic rings. The zero-order valence-electron chi connectivity index (χ0n) is 16.2. The first kappa shape index (κ1) is 20.4. The summed E-state index contributed by atoms with van der Waals surface area (Å²) in [6, 6.07) is 20.3. The lowest BCUT2D eigenvalue weighted by Crippen LogP contribution is -2.20. The topological polar surface area (TPSA) is 84.5 Å². The number of anilines is 2. The maximum Gasteiger partial charge on any atom is 0.262 e. The number of nitrogens with one attached hydrogen (secondary N) is 2. The molecule has 0 aliphatic heterocycles. The number of hydrogen-bond acceptors (Lipinski definition) is 4. The SMILES string of the molecule is Cc1ccc(NS(=O)(=O)c2ccc(NC(=O)COc3ccccc3)cc2)cc1C. The number of rotatable bonds is 7. The molecule has 0 radical (unpaired) electrons. The molecule has 0 saturated carbocycles. The quantitative estimate of drug-likeness (QED) is 0.614. The summed E-state index contributed by atoms with van der Waals surface area (Å²) in [4.78, 5) is 12.1. The first-order chi connectivity index (χ1) is 13.8. The number of para-hydroxylation sites is 1. The number of benzene rings is 3. The minimum absolute atomic E-state index is 0.106. The summed E-state index contributed by atoms with van der Waals surface area (Å²) in [7, 11) is -3.72. The molecule has 150 valence electrons. The van der Waals surface area contributed by atoms with Crippen molar-refractivity contribution in [3.05, 3.63) is 83.9 Å². The van der Waals surface area contributed by atoms with Crippen molar-refractivity contribution in [2.45, 2.75) is 18.7 Å². The smallest absolute Gasteiger partial charge is 0.262 e. The first-order valence-corrected chi connectivity index (χ1v) is 10.5. The second-order valence-corrected chi connectivity index (χ2v) is 8.26. The monoisotopic (exact) mass is 410 g/mol. The van der Waals surface area contributed by atoms with Gasteiger partial charge in [0.25, 0.3) is 15.9 Å². The van der Waals surface area contributed by atoms with E-state index in [0.29, 0.717) is 17.1 Å². The molecular weight excluding hydrogens is 388 g/mol. The Kier molecular flexibility index (Phi) is 6.19. The Balaban J connectivity index is 1.61. The Morgan fingerprint density at radius 2 is 1.52 bits per heavy atom. The van der Waals surface area contributed by atoms with Crippen LogP contribution in [0.15, 0.2) is 77.7 Å². The lowest BCUT2D eigenvalue weighted by Gasteiger charge is -2.11. The average molecular weight is 410 g/mol. The number of ether oxygens (including phenoxy) is 1. The minimum atomic E-state index is -3.72. The summed E-state index contributed by atoms with van der Waals surface area (Å²) >= 11 is 0. The van der Waals surface area contributed by atoms with Crippen molar-refractivity contribution in [3.63, 3.8) is 0 Å². The second kappa shape index (κ2) is 8.79. The van der Waals surface area contributed by atoms with Crippen LogP contribution in [0.1, 0.15) is 11.1 Å². The Morgan fingerprint density at radius 1 is 0.862 bits per heavy atom. The van der Waals surface area contributed by atoms with Gasteiger partial charge in [-0.3, -0.25) is 9.52 Å². The molecule has 0 spiro atoms. The van der Waals surface area contributed by atoms with Gasteiger partial charge < -0.3 is 10.1 Å². The Labute approximate surface area is 170 Å². The Morgan fingerprint density at radius 3 is 2.17 bits per heavy atom. The van der Waals surface area contributed by atoms with E-state index < -0.39 is 10.0 Å². The summed E-state index contributed by atoms with van der Waals surface area (Å²) in [5, 5.41) is 2.68. The van der Waals surface area contributed by atoms with Gasteiger partial charge in [-0.1, -0.05) is 24.3 Å². The predicted molar refractivity (Wildman–Crippen MR) is 114 cm³/mol. The minimum Gasteiger partial charge on any atom is -0.484 e. The first-order valence-electron chi connectivity index (χ1n) is 9.01. The maximum absolute atomic E-state index is 12.6. The van der Waals surface area contributed by atoms with E-state index in [2.05, 4.69) is 10.0 Å². The fraction of sp³-hybridized carbons (Fsp3) is 0.136. The molecule has 3 aromatic rings. The van der Waals surface area contributed by atoms with Gasteiger partial charge in [0, 0.05) is 11.4 Å². The summed E-state index contributed by atoms with van der Waals surface area (Å²) in [5.74, 6) is 0.263. The molecule has 3 aromatic carbocycles. The molecule has 0 unspecified atom stereocenters. The predicted octanol–water partition coefficient (Wildman–Crippen LogP) is 4.12. The third kappa shape index (κ3) is 5.58. The highest BCUT2D eigenvalue weighted by Gasteiger charge is 2.15. The number of sulfonamides is 1. The molecule has 3 rings (SSSR count). The van der Waals surface area contributed by atoms with Gasteiger partial charge in [0.2, 0.25) is 0 Å². The lowest BCUT2D eigenvalue weighted by molar-refractivity contribution is -0.118. The van der Waals surface area contributed by atoms with E-state index in [1.165, 1.54) is 24.3 Å². The molecule has 0 bridgehead atoms. The van der Waals surface area contributed by atoms with Crippen LogP contribution in [0.4, 0.5) is 11.4 Å². The Hall–Kier alpha value is -3.32. The van der Waals surface area contributed by atoms with Crippen LogP contribution in [-0.2, 0) is 14.8 Å². The van der Waals surface area contributed by atoms with Gasteiger partial charge in [0.05, 0.1) is 4.90 Å². The van der Waals surface area contributed by atoms with E-state index in [9.17, 15) is 13.2 Å². The van der Waals surface area contributed by atoms with Crippen molar-refractivity contribution < 1.29 is 17.9 Å². The molecular formula is C22H22N2O4S. The number of hydrogen-bond donors (Lipinski definition) is 2. The van der Waals surface area contributed by atoms with Crippen molar-refractivity contribution in [1.82, 2.24) is 0 Å². The van der Waals surface area contributed by atoms with E-state index in [4.69, 9.17) is 4.74 Å². The van der Waals surface area contributed by atoms with Gasteiger partial charge in [-0.2, -0.15) is 0 Å². The second-order valence-electron chi connectivity index (χ2n) is 6.58. The number of aryl methyl sites for hydroxylation is 2.